The number of hydrogen-bond donors (Lipinski definition) is 3. The largest absolute Gasteiger partial charge is 0.497 e. The van der Waals surface area contributed by atoms with Crippen LogP contribution < -0.4 is 20.5 Å². The number of aromatic nitrogens is 2. The third-order valence-electron chi connectivity index (χ3n) is 3.49. The van der Waals surface area contributed by atoms with Gasteiger partial charge >= 0.3 is 5.69 Å². The van der Waals surface area contributed by atoms with E-state index in [1.165, 1.54) is 0 Å². The molecule has 1 aromatic heterocycles. The Balaban J connectivity index is 1.82. The van der Waals surface area contributed by atoms with E-state index in [1.54, 1.807) is 14.2 Å². The Hall–Kier alpha value is -2.89. The quantitative estimate of drug-likeness (QED) is 0.676. The molecule has 0 saturated carbocycles. The van der Waals surface area contributed by atoms with E-state index in [4.69, 9.17) is 9.47 Å². The lowest BCUT2D eigenvalue weighted by atomic mass is 10.1. The fraction of sp³-hybridized carbons (Fsp3) is 0.188. The van der Waals surface area contributed by atoms with Crippen LogP contribution in [0.15, 0.2) is 41.2 Å². The minimum atomic E-state index is -0.207. The first kappa shape index (κ1) is 14.1. The van der Waals surface area contributed by atoms with Crippen molar-refractivity contribution in [3.63, 3.8) is 0 Å². The number of nitrogens with one attached hydrogen (secondary N) is 3. The number of hydrogen-bond acceptors (Lipinski definition) is 4. The summed E-state index contributed by atoms with van der Waals surface area (Å²) in [6, 6.07) is 11.3. The average Bonchev–Trinajstić information content (AvgIpc) is 2.91. The first-order valence-electron chi connectivity index (χ1n) is 6.86. The molecule has 0 unspecified atom stereocenters. The molecule has 0 amide bonds. The zero-order chi connectivity index (χ0) is 15.5. The van der Waals surface area contributed by atoms with Gasteiger partial charge in [-0.1, -0.05) is 0 Å². The molecule has 22 heavy (non-hydrogen) atoms. The zero-order valence-electron chi connectivity index (χ0n) is 12.4. The molecule has 3 aromatic rings. The third-order valence-corrected chi connectivity index (χ3v) is 3.49. The first-order chi connectivity index (χ1) is 10.7. The molecule has 0 aliphatic rings. The fourth-order valence-corrected chi connectivity index (χ4v) is 2.36. The van der Waals surface area contributed by atoms with Gasteiger partial charge in [-0.25, -0.2) is 4.79 Å². The summed E-state index contributed by atoms with van der Waals surface area (Å²) < 4.78 is 10.6. The van der Waals surface area contributed by atoms with E-state index in [0.29, 0.717) is 6.54 Å². The lowest BCUT2D eigenvalue weighted by Gasteiger charge is -2.12. The molecule has 2 aromatic carbocycles. The number of benzene rings is 2. The predicted molar refractivity (Wildman–Crippen MR) is 85.8 cm³/mol. The van der Waals surface area contributed by atoms with Gasteiger partial charge in [-0.15, -0.1) is 0 Å². The fourth-order valence-electron chi connectivity index (χ4n) is 2.36. The van der Waals surface area contributed by atoms with E-state index in [2.05, 4.69) is 15.3 Å². The number of H-pyrrole nitrogens is 2. The molecule has 3 N–H and O–H groups in total. The van der Waals surface area contributed by atoms with Crippen molar-refractivity contribution < 1.29 is 9.47 Å². The van der Waals surface area contributed by atoms with Crippen LogP contribution in [0.25, 0.3) is 11.0 Å². The standard InChI is InChI=1S/C16H17N3O3/c1-21-12-4-6-15(22-2)10(7-12)9-17-11-3-5-13-14(8-11)19-16(20)18-13/h3-8,17H,9H2,1-2H3,(H2,18,19,20). The van der Waals surface area contributed by atoms with E-state index < -0.39 is 0 Å². The zero-order valence-corrected chi connectivity index (χ0v) is 12.4. The summed E-state index contributed by atoms with van der Waals surface area (Å²) in [6.07, 6.45) is 0. The molecule has 0 aliphatic carbocycles. The average molecular weight is 299 g/mol. The lowest BCUT2D eigenvalue weighted by molar-refractivity contribution is 0.399. The highest BCUT2D eigenvalue weighted by atomic mass is 16.5. The van der Waals surface area contributed by atoms with Gasteiger partial charge in [-0.05, 0) is 36.4 Å². The number of ether oxygens (including phenoxy) is 2. The van der Waals surface area contributed by atoms with Crippen molar-refractivity contribution in [3.8, 4) is 11.5 Å². The number of anilines is 1. The molecule has 0 bridgehead atoms. The molecule has 0 spiro atoms. The smallest absolute Gasteiger partial charge is 0.323 e. The van der Waals surface area contributed by atoms with E-state index in [9.17, 15) is 4.79 Å². The second-order valence-corrected chi connectivity index (χ2v) is 4.87. The molecule has 0 radical (unpaired) electrons. The van der Waals surface area contributed by atoms with Crippen molar-refractivity contribution in [1.82, 2.24) is 9.97 Å². The lowest BCUT2D eigenvalue weighted by Crippen LogP contribution is -2.02. The van der Waals surface area contributed by atoms with Gasteiger partial charge in [-0.3, -0.25) is 0 Å². The Bertz CT molecular complexity index is 851. The highest BCUT2D eigenvalue weighted by Crippen LogP contribution is 2.25. The highest BCUT2D eigenvalue weighted by Gasteiger charge is 2.06. The molecule has 0 atom stereocenters. The maximum Gasteiger partial charge on any atom is 0.323 e. The Kier molecular flexibility index (Phi) is 3.74. The van der Waals surface area contributed by atoms with Gasteiger partial charge in [0.25, 0.3) is 0 Å². The number of aromatic amines is 2. The second kappa shape index (κ2) is 5.85. The van der Waals surface area contributed by atoms with E-state index >= 15 is 0 Å². The molecular formula is C16H17N3O3. The van der Waals surface area contributed by atoms with Crippen LogP contribution in [-0.2, 0) is 6.54 Å². The van der Waals surface area contributed by atoms with Gasteiger partial charge < -0.3 is 24.8 Å². The number of rotatable bonds is 5. The molecule has 6 heteroatoms. The summed E-state index contributed by atoms with van der Waals surface area (Å²) in [7, 11) is 3.27. The van der Waals surface area contributed by atoms with Crippen LogP contribution in [0.4, 0.5) is 5.69 Å². The van der Waals surface area contributed by atoms with Gasteiger partial charge in [0.1, 0.15) is 11.5 Å². The molecule has 0 aliphatic heterocycles. The van der Waals surface area contributed by atoms with Crippen molar-refractivity contribution in [2.75, 3.05) is 19.5 Å². The van der Waals surface area contributed by atoms with Crippen molar-refractivity contribution >= 4 is 16.7 Å². The predicted octanol–water partition coefficient (Wildman–Crippen LogP) is 2.49. The van der Waals surface area contributed by atoms with Gasteiger partial charge in [-0.2, -0.15) is 0 Å². The van der Waals surface area contributed by atoms with Crippen molar-refractivity contribution in [1.29, 1.82) is 0 Å². The second-order valence-electron chi connectivity index (χ2n) is 4.87. The third kappa shape index (κ3) is 2.76. The van der Waals surface area contributed by atoms with E-state index in [1.807, 2.05) is 36.4 Å². The Morgan fingerprint density at radius 3 is 2.59 bits per heavy atom. The van der Waals surface area contributed by atoms with Gasteiger partial charge in [0, 0.05) is 17.8 Å². The van der Waals surface area contributed by atoms with Gasteiger partial charge in [0.2, 0.25) is 0 Å². The maximum atomic E-state index is 11.3. The summed E-state index contributed by atoms with van der Waals surface area (Å²) in [5, 5.41) is 3.32. The maximum absolute atomic E-state index is 11.3. The first-order valence-corrected chi connectivity index (χ1v) is 6.86. The summed E-state index contributed by atoms with van der Waals surface area (Å²) in [6.45, 7) is 0.584. The van der Waals surface area contributed by atoms with Crippen LogP contribution in [0.3, 0.4) is 0 Å². The van der Waals surface area contributed by atoms with Crippen molar-refractivity contribution in [2.45, 2.75) is 6.54 Å². The van der Waals surface area contributed by atoms with Gasteiger partial charge in [0.05, 0.1) is 25.3 Å². The number of fused-ring (bicyclic) bond motifs is 1. The minimum absolute atomic E-state index is 0.207. The van der Waals surface area contributed by atoms with Crippen LogP contribution in [0.5, 0.6) is 11.5 Å². The molecule has 0 fully saturated rings. The van der Waals surface area contributed by atoms with Crippen LogP contribution >= 0.6 is 0 Å². The topological polar surface area (TPSA) is 79.1 Å². The SMILES string of the molecule is COc1ccc(OC)c(CNc2ccc3[nH]c(=O)[nH]c3c2)c1. The Morgan fingerprint density at radius 2 is 1.82 bits per heavy atom. The van der Waals surface area contributed by atoms with Crippen LogP contribution in [-0.4, -0.2) is 24.2 Å². The summed E-state index contributed by atoms with van der Waals surface area (Å²) in [5.41, 5.74) is 3.25. The molecule has 0 saturated heterocycles. The summed E-state index contributed by atoms with van der Waals surface area (Å²) >= 11 is 0. The van der Waals surface area contributed by atoms with E-state index in [-0.39, 0.29) is 5.69 Å². The van der Waals surface area contributed by atoms with Crippen molar-refractivity contribution in [2.24, 2.45) is 0 Å². The molecule has 114 valence electrons. The normalized spacial score (nSPS) is 10.6. The number of methoxy groups -OCH3 is 2. The van der Waals surface area contributed by atoms with Crippen molar-refractivity contribution in [3.05, 3.63) is 52.4 Å². The van der Waals surface area contributed by atoms with Crippen LogP contribution in [0.2, 0.25) is 0 Å². The van der Waals surface area contributed by atoms with E-state index in [0.717, 1.165) is 33.8 Å². The van der Waals surface area contributed by atoms with Gasteiger partial charge in [0.15, 0.2) is 0 Å². The summed E-state index contributed by atoms with van der Waals surface area (Å²) in [5.74, 6) is 1.58. The number of imidazole rings is 1. The Morgan fingerprint density at radius 1 is 1.00 bits per heavy atom. The summed E-state index contributed by atoms with van der Waals surface area (Å²) in [4.78, 5) is 16.7. The monoisotopic (exact) mass is 299 g/mol. The molecular weight excluding hydrogens is 282 g/mol. The highest BCUT2D eigenvalue weighted by molar-refractivity contribution is 5.78. The Labute approximate surface area is 127 Å². The van der Waals surface area contributed by atoms with Crippen LogP contribution in [0, 0.1) is 0 Å². The van der Waals surface area contributed by atoms with Crippen LogP contribution in [0.1, 0.15) is 5.56 Å². The minimum Gasteiger partial charge on any atom is -0.497 e. The molecule has 3 rings (SSSR count). The molecule has 6 nitrogen and oxygen atoms in total. The molecule has 1 heterocycles.